The molecule has 6 aromatic rings. The molecule has 0 unspecified atom stereocenters. The Labute approximate surface area is 245 Å². The van der Waals surface area contributed by atoms with Gasteiger partial charge in [-0.2, -0.15) is 0 Å². The maximum Gasteiger partial charge on any atom is 0.307 e. The minimum atomic E-state index is -0.881. The number of hydrogen-bond donors (Lipinski definition) is 1. The molecule has 0 bridgehead atoms. The van der Waals surface area contributed by atoms with E-state index >= 15 is 0 Å². The van der Waals surface area contributed by atoms with Crippen LogP contribution in [0, 0.1) is 12.7 Å². The van der Waals surface area contributed by atoms with E-state index in [2.05, 4.69) is 97.1 Å². The monoisotopic (exact) mass is 550 g/mol. The largest absolute Gasteiger partial charge is 0.481 e. The van der Waals surface area contributed by atoms with Gasteiger partial charge in [-0.3, -0.25) is 4.79 Å². The molecule has 0 aliphatic heterocycles. The molecular weight excluding hydrogens is 519 g/mol. The number of rotatable bonds is 8. The third-order valence-electron chi connectivity index (χ3n) is 8.33. The van der Waals surface area contributed by atoms with Gasteiger partial charge in [0.05, 0.1) is 11.8 Å². The Morgan fingerprint density at radius 2 is 1.17 bits per heavy atom. The minimum Gasteiger partial charge on any atom is -0.481 e. The second kappa shape index (κ2) is 11.5. The van der Waals surface area contributed by atoms with Gasteiger partial charge in [-0.15, -0.1) is 0 Å². The number of aliphatic carboxylic acids is 1. The molecule has 6 rings (SSSR count). The molecule has 2 nitrogen and oxygen atoms in total. The summed E-state index contributed by atoms with van der Waals surface area (Å²) in [5, 5.41) is 11.2. The van der Waals surface area contributed by atoms with Crippen molar-refractivity contribution in [2.24, 2.45) is 0 Å². The summed E-state index contributed by atoms with van der Waals surface area (Å²) in [6.07, 6.45) is 0.493. The van der Waals surface area contributed by atoms with E-state index < -0.39 is 11.4 Å². The third kappa shape index (κ3) is 4.99. The molecule has 3 heteroatoms. The predicted octanol–water partition coefficient (Wildman–Crippen LogP) is 8.89. The maximum atomic E-state index is 14.4. The third-order valence-corrected chi connectivity index (χ3v) is 8.33. The van der Waals surface area contributed by atoms with E-state index in [4.69, 9.17) is 0 Å². The average molecular weight is 551 g/mol. The Bertz CT molecular complexity index is 1750. The molecule has 0 radical (unpaired) electrons. The summed E-state index contributed by atoms with van der Waals surface area (Å²) in [6, 6.07) is 47.0. The van der Waals surface area contributed by atoms with Gasteiger partial charge in [-0.25, -0.2) is 4.39 Å². The van der Waals surface area contributed by atoms with Crippen molar-refractivity contribution >= 4 is 16.7 Å². The van der Waals surface area contributed by atoms with Crippen LogP contribution in [0.1, 0.15) is 44.5 Å². The molecular formula is C39H31FO2. The molecule has 0 atom stereocenters. The van der Waals surface area contributed by atoms with Crippen LogP contribution in [0.25, 0.3) is 10.8 Å². The van der Waals surface area contributed by atoms with E-state index in [1.807, 2.05) is 31.2 Å². The Morgan fingerprint density at radius 3 is 1.67 bits per heavy atom. The van der Waals surface area contributed by atoms with Crippen LogP contribution in [0.2, 0.25) is 0 Å². The zero-order valence-corrected chi connectivity index (χ0v) is 23.4. The predicted molar refractivity (Wildman–Crippen MR) is 168 cm³/mol. The van der Waals surface area contributed by atoms with Gasteiger partial charge in [0.15, 0.2) is 0 Å². The number of halogens is 1. The fourth-order valence-electron chi connectivity index (χ4n) is 6.32. The van der Waals surface area contributed by atoms with Crippen LogP contribution in [-0.4, -0.2) is 11.1 Å². The van der Waals surface area contributed by atoms with Crippen LogP contribution in [0.15, 0.2) is 140 Å². The van der Waals surface area contributed by atoms with Gasteiger partial charge >= 0.3 is 5.97 Å². The van der Waals surface area contributed by atoms with Gasteiger partial charge in [-0.1, -0.05) is 127 Å². The number of fused-ring (bicyclic) bond motifs is 1. The lowest BCUT2D eigenvalue weighted by Crippen LogP contribution is -2.30. The smallest absolute Gasteiger partial charge is 0.307 e. The van der Waals surface area contributed by atoms with E-state index in [0.29, 0.717) is 6.42 Å². The molecule has 206 valence electrons. The van der Waals surface area contributed by atoms with Crippen molar-refractivity contribution in [3.63, 3.8) is 0 Å². The van der Waals surface area contributed by atoms with Gasteiger partial charge in [0.25, 0.3) is 0 Å². The lowest BCUT2D eigenvalue weighted by Gasteiger charge is -2.37. The second-order valence-electron chi connectivity index (χ2n) is 10.8. The molecule has 0 aliphatic rings. The number of carbonyl (C=O) groups is 1. The van der Waals surface area contributed by atoms with E-state index in [1.54, 1.807) is 12.1 Å². The lowest BCUT2D eigenvalue weighted by molar-refractivity contribution is -0.136. The number of carboxylic acid groups (broad SMARTS) is 1. The van der Waals surface area contributed by atoms with Crippen LogP contribution < -0.4 is 0 Å². The summed E-state index contributed by atoms with van der Waals surface area (Å²) in [7, 11) is 0. The summed E-state index contributed by atoms with van der Waals surface area (Å²) >= 11 is 0. The quantitative estimate of drug-likeness (QED) is 0.192. The molecule has 0 aromatic heterocycles. The fraction of sp³-hybridized carbons (Fsp3) is 0.103. The summed E-state index contributed by atoms with van der Waals surface area (Å²) in [5.74, 6) is -1.18. The summed E-state index contributed by atoms with van der Waals surface area (Å²) < 4.78 is 14.4. The van der Waals surface area contributed by atoms with E-state index in [0.717, 1.165) is 38.6 Å². The molecule has 6 aromatic carbocycles. The van der Waals surface area contributed by atoms with Gasteiger partial charge in [-0.05, 0) is 80.8 Å². The fourth-order valence-corrected chi connectivity index (χ4v) is 6.32. The molecule has 0 fully saturated rings. The van der Waals surface area contributed by atoms with Crippen LogP contribution in [0.5, 0.6) is 0 Å². The van der Waals surface area contributed by atoms with Crippen molar-refractivity contribution < 1.29 is 14.3 Å². The van der Waals surface area contributed by atoms with Crippen molar-refractivity contribution in [3.05, 3.63) is 190 Å². The van der Waals surface area contributed by atoms with Crippen molar-refractivity contribution in [3.8, 4) is 0 Å². The maximum absolute atomic E-state index is 14.4. The van der Waals surface area contributed by atoms with Crippen LogP contribution in [0.4, 0.5) is 4.39 Å². The topological polar surface area (TPSA) is 37.3 Å². The normalized spacial score (nSPS) is 11.5. The molecule has 0 heterocycles. The van der Waals surface area contributed by atoms with Crippen LogP contribution >= 0.6 is 0 Å². The molecule has 1 N–H and O–H groups in total. The SMILES string of the molecule is Cc1c(CC(=O)O)cc2ccc(F)cc2c1Cc1ccc(C(c2ccccc2)(c2ccccc2)c2ccccc2)cc1. The Balaban J connectivity index is 1.50. The molecule has 0 aliphatic carbocycles. The van der Waals surface area contributed by atoms with Crippen molar-refractivity contribution in [1.29, 1.82) is 0 Å². The highest BCUT2D eigenvalue weighted by molar-refractivity contribution is 5.89. The summed E-state index contributed by atoms with van der Waals surface area (Å²) in [4.78, 5) is 11.6. The molecule has 0 saturated carbocycles. The van der Waals surface area contributed by atoms with Crippen LogP contribution in [-0.2, 0) is 23.1 Å². The van der Waals surface area contributed by atoms with Gasteiger partial charge in [0.1, 0.15) is 5.82 Å². The number of hydrogen-bond acceptors (Lipinski definition) is 1. The van der Waals surface area contributed by atoms with Gasteiger partial charge in [0.2, 0.25) is 0 Å². The highest BCUT2D eigenvalue weighted by atomic mass is 19.1. The standard InChI is InChI=1S/C39H31FO2/c1-27-30(25-38(41)42)24-29-19-22-35(40)26-37(29)36(27)23-28-17-20-34(21-18-28)39(31-11-5-2-6-12-31,32-13-7-3-8-14-32)33-15-9-4-10-16-33/h2-22,24,26H,23,25H2,1H3,(H,41,42). The van der Waals surface area contributed by atoms with Crippen molar-refractivity contribution in [2.45, 2.75) is 25.2 Å². The highest BCUT2D eigenvalue weighted by Gasteiger charge is 2.38. The first-order chi connectivity index (χ1) is 20.5. The Kier molecular flexibility index (Phi) is 7.41. The Hall–Kier alpha value is -5.02. The van der Waals surface area contributed by atoms with Gasteiger partial charge < -0.3 is 5.11 Å². The van der Waals surface area contributed by atoms with E-state index in [9.17, 15) is 14.3 Å². The average Bonchev–Trinajstić information content (AvgIpc) is 3.02. The molecule has 42 heavy (non-hydrogen) atoms. The first kappa shape index (κ1) is 27.2. The van der Waals surface area contributed by atoms with Gasteiger partial charge in [0, 0.05) is 0 Å². The first-order valence-corrected chi connectivity index (χ1v) is 14.1. The first-order valence-electron chi connectivity index (χ1n) is 14.1. The Morgan fingerprint density at radius 1 is 0.667 bits per heavy atom. The lowest BCUT2D eigenvalue weighted by atomic mass is 9.65. The zero-order chi connectivity index (χ0) is 29.1. The van der Waals surface area contributed by atoms with E-state index in [-0.39, 0.29) is 12.2 Å². The number of benzene rings is 6. The molecule has 0 amide bonds. The zero-order valence-electron chi connectivity index (χ0n) is 23.4. The minimum absolute atomic E-state index is 0.0706. The number of carboxylic acids is 1. The summed E-state index contributed by atoms with van der Waals surface area (Å²) in [6.45, 7) is 1.94. The van der Waals surface area contributed by atoms with Crippen molar-refractivity contribution in [1.82, 2.24) is 0 Å². The van der Waals surface area contributed by atoms with E-state index in [1.165, 1.54) is 22.8 Å². The second-order valence-corrected chi connectivity index (χ2v) is 10.8. The van der Waals surface area contributed by atoms with Crippen molar-refractivity contribution in [2.75, 3.05) is 0 Å². The molecule has 0 spiro atoms. The molecule has 0 saturated heterocycles. The summed E-state index contributed by atoms with van der Waals surface area (Å²) in [5.41, 5.74) is 7.81. The van der Waals surface area contributed by atoms with Crippen LogP contribution in [0.3, 0.4) is 0 Å². The highest BCUT2D eigenvalue weighted by Crippen LogP contribution is 2.45.